The number of benzene rings is 1. The summed E-state index contributed by atoms with van der Waals surface area (Å²) < 4.78 is 5.21. The smallest absolute Gasteiger partial charge is 0.234 e. The van der Waals surface area contributed by atoms with Gasteiger partial charge in [-0.3, -0.25) is 4.79 Å². The number of furan rings is 1. The summed E-state index contributed by atoms with van der Waals surface area (Å²) in [5.74, 6) is 0.754. The molecular weight excluding hydrogens is 226 g/mol. The predicted octanol–water partition coefficient (Wildman–Crippen LogP) is 3.18. The number of carbonyl (C=O) groups excluding carboxylic acids is 1. The van der Waals surface area contributed by atoms with Crippen molar-refractivity contribution in [2.45, 2.75) is 20.3 Å². The van der Waals surface area contributed by atoms with E-state index in [2.05, 4.69) is 0 Å². The number of amides is 1. The summed E-state index contributed by atoms with van der Waals surface area (Å²) in [5.41, 5.74) is 2.09. The highest BCUT2D eigenvalue weighted by molar-refractivity contribution is 5.94. The minimum absolute atomic E-state index is 0.0538. The molecule has 2 aromatic rings. The summed E-state index contributed by atoms with van der Waals surface area (Å²) in [6, 6.07) is 11.6. The Morgan fingerprint density at radius 3 is 2.72 bits per heavy atom. The van der Waals surface area contributed by atoms with Crippen LogP contribution in [0.2, 0.25) is 0 Å². The summed E-state index contributed by atoms with van der Waals surface area (Å²) in [7, 11) is 0. The highest BCUT2D eigenvalue weighted by Gasteiger charge is 2.15. The summed E-state index contributed by atoms with van der Waals surface area (Å²) in [5, 5.41) is 0. The van der Waals surface area contributed by atoms with Crippen LogP contribution in [-0.2, 0) is 11.2 Å². The first-order chi connectivity index (χ1) is 8.70. The Labute approximate surface area is 107 Å². The maximum absolute atomic E-state index is 12.2. The van der Waals surface area contributed by atoms with Crippen LogP contribution in [0.3, 0.4) is 0 Å². The number of rotatable bonds is 4. The van der Waals surface area contributed by atoms with Gasteiger partial charge < -0.3 is 9.32 Å². The number of likely N-dealkylation sites (N-methyl/N-ethyl adjacent to an activating group) is 1. The molecule has 0 radical (unpaired) electrons. The first-order valence-corrected chi connectivity index (χ1v) is 6.10. The normalized spacial score (nSPS) is 10.3. The molecule has 1 aromatic carbocycles. The quantitative estimate of drug-likeness (QED) is 0.826. The molecule has 3 nitrogen and oxygen atoms in total. The van der Waals surface area contributed by atoms with Gasteiger partial charge in [0.2, 0.25) is 5.91 Å². The molecule has 3 heteroatoms. The maximum atomic E-state index is 12.2. The van der Waals surface area contributed by atoms with Crippen molar-refractivity contribution in [1.82, 2.24) is 0 Å². The first-order valence-electron chi connectivity index (χ1n) is 6.10. The van der Waals surface area contributed by atoms with E-state index >= 15 is 0 Å². The standard InChI is InChI=1S/C15H17NO2/c1-3-16(13-7-4-6-12(2)10-13)15(17)11-14-8-5-9-18-14/h4-10H,3,11H2,1-2H3. The van der Waals surface area contributed by atoms with Crippen molar-refractivity contribution in [1.29, 1.82) is 0 Å². The van der Waals surface area contributed by atoms with Crippen LogP contribution >= 0.6 is 0 Å². The van der Waals surface area contributed by atoms with Crippen molar-refractivity contribution in [2.75, 3.05) is 11.4 Å². The lowest BCUT2D eigenvalue weighted by Crippen LogP contribution is -2.31. The van der Waals surface area contributed by atoms with Gasteiger partial charge in [-0.2, -0.15) is 0 Å². The fourth-order valence-corrected chi connectivity index (χ4v) is 1.96. The van der Waals surface area contributed by atoms with Crippen LogP contribution in [0.5, 0.6) is 0 Å². The molecule has 0 fully saturated rings. The topological polar surface area (TPSA) is 33.5 Å². The largest absolute Gasteiger partial charge is 0.469 e. The van der Waals surface area contributed by atoms with Gasteiger partial charge in [0, 0.05) is 12.2 Å². The van der Waals surface area contributed by atoms with Crippen molar-refractivity contribution in [3.05, 3.63) is 54.0 Å². The molecule has 0 saturated heterocycles. The molecule has 1 amide bonds. The molecule has 0 aliphatic carbocycles. The van der Waals surface area contributed by atoms with Gasteiger partial charge in [0.1, 0.15) is 5.76 Å². The summed E-state index contributed by atoms with van der Waals surface area (Å²) >= 11 is 0. The molecular formula is C15H17NO2. The zero-order valence-electron chi connectivity index (χ0n) is 10.7. The summed E-state index contributed by atoms with van der Waals surface area (Å²) in [6.07, 6.45) is 1.89. The highest BCUT2D eigenvalue weighted by Crippen LogP contribution is 2.17. The Kier molecular flexibility index (Phi) is 3.82. The minimum Gasteiger partial charge on any atom is -0.469 e. The molecule has 0 atom stereocenters. The van der Waals surface area contributed by atoms with Gasteiger partial charge in [-0.25, -0.2) is 0 Å². The minimum atomic E-state index is 0.0538. The third-order valence-corrected chi connectivity index (χ3v) is 2.84. The molecule has 1 aromatic heterocycles. The number of hydrogen-bond acceptors (Lipinski definition) is 2. The Balaban J connectivity index is 2.15. The molecule has 0 spiro atoms. The highest BCUT2D eigenvalue weighted by atomic mass is 16.3. The average molecular weight is 243 g/mol. The molecule has 0 bridgehead atoms. The summed E-state index contributed by atoms with van der Waals surface area (Å²) in [4.78, 5) is 14.0. The van der Waals surface area contributed by atoms with E-state index in [0.717, 1.165) is 11.3 Å². The second-order valence-electron chi connectivity index (χ2n) is 4.23. The van der Waals surface area contributed by atoms with E-state index in [0.29, 0.717) is 18.7 Å². The zero-order valence-corrected chi connectivity index (χ0v) is 10.7. The van der Waals surface area contributed by atoms with Gasteiger partial charge in [0.25, 0.3) is 0 Å². The van der Waals surface area contributed by atoms with E-state index in [9.17, 15) is 4.79 Å². The molecule has 0 aliphatic heterocycles. The Morgan fingerprint density at radius 1 is 1.28 bits per heavy atom. The number of nitrogens with zero attached hydrogens (tertiary/aromatic N) is 1. The lowest BCUT2D eigenvalue weighted by molar-refractivity contribution is -0.118. The van der Waals surface area contributed by atoms with E-state index in [4.69, 9.17) is 4.42 Å². The third kappa shape index (κ3) is 2.80. The lowest BCUT2D eigenvalue weighted by Gasteiger charge is -2.21. The van der Waals surface area contributed by atoms with Gasteiger partial charge in [-0.1, -0.05) is 12.1 Å². The molecule has 1 heterocycles. The van der Waals surface area contributed by atoms with Crippen LogP contribution in [0.1, 0.15) is 18.2 Å². The van der Waals surface area contributed by atoms with E-state index in [-0.39, 0.29) is 5.91 Å². The van der Waals surface area contributed by atoms with Gasteiger partial charge in [0.05, 0.1) is 12.7 Å². The second kappa shape index (κ2) is 5.54. The van der Waals surface area contributed by atoms with Crippen LogP contribution in [0.4, 0.5) is 5.69 Å². The van der Waals surface area contributed by atoms with Crippen LogP contribution in [0.15, 0.2) is 47.1 Å². The molecule has 2 rings (SSSR count). The Hall–Kier alpha value is -2.03. The Morgan fingerprint density at radius 2 is 2.11 bits per heavy atom. The van der Waals surface area contributed by atoms with E-state index < -0.39 is 0 Å². The van der Waals surface area contributed by atoms with Gasteiger partial charge >= 0.3 is 0 Å². The molecule has 0 N–H and O–H groups in total. The first kappa shape index (κ1) is 12.4. The maximum Gasteiger partial charge on any atom is 0.234 e. The predicted molar refractivity (Wildman–Crippen MR) is 71.6 cm³/mol. The van der Waals surface area contributed by atoms with Gasteiger partial charge in [-0.15, -0.1) is 0 Å². The van der Waals surface area contributed by atoms with Crippen molar-refractivity contribution in [2.24, 2.45) is 0 Å². The van der Waals surface area contributed by atoms with Crippen LogP contribution in [-0.4, -0.2) is 12.5 Å². The van der Waals surface area contributed by atoms with Crippen molar-refractivity contribution in [3.63, 3.8) is 0 Å². The molecule has 0 unspecified atom stereocenters. The molecule has 0 saturated carbocycles. The van der Waals surface area contributed by atoms with Crippen molar-refractivity contribution < 1.29 is 9.21 Å². The number of hydrogen-bond donors (Lipinski definition) is 0. The number of anilines is 1. The second-order valence-corrected chi connectivity index (χ2v) is 4.23. The SMILES string of the molecule is CCN(C(=O)Cc1ccco1)c1cccc(C)c1. The Bertz CT molecular complexity index is 517. The van der Waals surface area contributed by atoms with Crippen molar-refractivity contribution >= 4 is 11.6 Å². The fourth-order valence-electron chi connectivity index (χ4n) is 1.96. The van der Waals surface area contributed by atoms with Crippen LogP contribution in [0.25, 0.3) is 0 Å². The van der Waals surface area contributed by atoms with E-state index in [1.54, 1.807) is 17.2 Å². The fraction of sp³-hybridized carbons (Fsp3) is 0.267. The van der Waals surface area contributed by atoms with Gasteiger partial charge in [0.15, 0.2) is 0 Å². The number of aryl methyl sites for hydroxylation is 1. The molecule has 18 heavy (non-hydrogen) atoms. The van der Waals surface area contributed by atoms with Crippen LogP contribution in [0, 0.1) is 6.92 Å². The van der Waals surface area contributed by atoms with E-state index in [1.165, 1.54) is 0 Å². The molecule has 94 valence electrons. The summed E-state index contributed by atoms with van der Waals surface area (Å²) in [6.45, 7) is 4.65. The molecule has 0 aliphatic rings. The lowest BCUT2D eigenvalue weighted by atomic mass is 10.2. The average Bonchev–Trinajstić information content (AvgIpc) is 2.83. The monoisotopic (exact) mass is 243 g/mol. The van der Waals surface area contributed by atoms with E-state index in [1.807, 2.05) is 44.2 Å². The van der Waals surface area contributed by atoms with Gasteiger partial charge in [-0.05, 0) is 43.7 Å². The van der Waals surface area contributed by atoms with Crippen molar-refractivity contribution in [3.8, 4) is 0 Å². The van der Waals surface area contributed by atoms with Crippen LogP contribution < -0.4 is 4.90 Å². The third-order valence-electron chi connectivity index (χ3n) is 2.84. The zero-order chi connectivity index (χ0) is 13.0. The number of carbonyl (C=O) groups is 1.